The van der Waals surface area contributed by atoms with Crippen LogP contribution in [0.5, 0.6) is 0 Å². The Labute approximate surface area is 150 Å². The first-order valence-corrected chi connectivity index (χ1v) is 9.56. The summed E-state index contributed by atoms with van der Waals surface area (Å²) in [5.74, 6) is 0.968. The molecule has 1 fully saturated rings. The summed E-state index contributed by atoms with van der Waals surface area (Å²) in [4.78, 5) is 24.6. The second-order valence-corrected chi connectivity index (χ2v) is 7.06. The number of hydrogen-bond donors (Lipinski definition) is 2. The first kappa shape index (κ1) is 17.9. The molecule has 25 heavy (non-hydrogen) atoms. The molecule has 0 bridgehead atoms. The highest BCUT2D eigenvalue weighted by molar-refractivity contribution is 5.79. The number of rotatable bonds is 6. The van der Waals surface area contributed by atoms with E-state index in [0.717, 1.165) is 45.1 Å². The predicted molar refractivity (Wildman–Crippen MR) is 98.6 cm³/mol. The second kappa shape index (κ2) is 8.94. The molecule has 1 saturated heterocycles. The zero-order valence-electron chi connectivity index (χ0n) is 15.2. The first-order chi connectivity index (χ1) is 12.2. The van der Waals surface area contributed by atoms with Crippen LogP contribution in [0.2, 0.25) is 0 Å². The molecule has 1 aromatic heterocycles. The van der Waals surface area contributed by atoms with E-state index >= 15 is 0 Å². The van der Waals surface area contributed by atoms with E-state index in [-0.39, 0.29) is 11.9 Å². The molecule has 3 rings (SSSR count). The van der Waals surface area contributed by atoms with E-state index in [0.29, 0.717) is 0 Å². The fraction of sp³-hybridized carbons (Fsp3) is 0.632. The third-order valence-corrected chi connectivity index (χ3v) is 5.38. The molecule has 0 unspecified atom stereocenters. The van der Waals surface area contributed by atoms with Gasteiger partial charge in [-0.05, 0) is 45.1 Å². The van der Waals surface area contributed by atoms with E-state index in [9.17, 15) is 4.79 Å². The summed E-state index contributed by atoms with van der Waals surface area (Å²) in [7, 11) is 0. The lowest BCUT2D eigenvalue weighted by atomic mass is 9.97. The Morgan fingerprint density at radius 1 is 1.28 bits per heavy atom. The van der Waals surface area contributed by atoms with Gasteiger partial charge in [0.15, 0.2) is 6.04 Å². The van der Waals surface area contributed by atoms with Gasteiger partial charge in [-0.15, -0.1) is 0 Å². The smallest absolute Gasteiger partial charge is 0.278 e. The summed E-state index contributed by atoms with van der Waals surface area (Å²) in [6.45, 7) is 6.48. The molecule has 2 heterocycles. The minimum absolute atomic E-state index is 0.000762. The number of nitrogens with zero attached hydrogens (tertiary/aromatic N) is 3. The Hall–Kier alpha value is -1.95. The Balaban J connectivity index is 1.40. The van der Waals surface area contributed by atoms with E-state index in [1.54, 1.807) is 12.4 Å². The molecule has 1 aliphatic carbocycles. The highest BCUT2D eigenvalue weighted by atomic mass is 16.2. The van der Waals surface area contributed by atoms with Gasteiger partial charge in [-0.25, -0.2) is 9.97 Å². The van der Waals surface area contributed by atoms with Gasteiger partial charge < -0.3 is 15.1 Å². The molecule has 136 valence electrons. The van der Waals surface area contributed by atoms with Crippen molar-refractivity contribution < 1.29 is 9.69 Å². The third-order valence-electron chi connectivity index (χ3n) is 5.38. The van der Waals surface area contributed by atoms with E-state index in [2.05, 4.69) is 26.3 Å². The predicted octanol–water partition coefficient (Wildman–Crippen LogP) is 0.577. The average Bonchev–Trinajstić information content (AvgIpc) is 2.69. The van der Waals surface area contributed by atoms with Crippen LogP contribution in [0.3, 0.4) is 0 Å². The van der Waals surface area contributed by atoms with Crippen LogP contribution >= 0.6 is 0 Å². The lowest BCUT2D eigenvalue weighted by Gasteiger charge is -2.34. The maximum atomic E-state index is 12.4. The molecule has 1 aromatic rings. The number of anilines is 1. The Morgan fingerprint density at radius 2 is 2.04 bits per heavy atom. The molecule has 1 amide bonds. The van der Waals surface area contributed by atoms with Gasteiger partial charge >= 0.3 is 0 Å². The van der Waals surface area contributed by atoms with E-state index in [1.165, 1.54) is 36.2 Å². The van der Waals surface area contributed by atoms with Gasteiger partial charge in [0.1, 0.15) is 0 Å². The maximum absolute atomic E-state index is 12.4. The highest BCUT2D eigenvalue weighted by Gasteiger charge is 2.29. The first-order valence-electron chi connectivity index (χ1n) is 9.56. The van der Waals surface area contributed by atoms with Crippen LogP contribution in [0.25, 0.3) is 0 Å². The van der Waals surface area contributed by atoms with Crippen molar-refractivity contribution in [2.75, 3.05) is 37.6 Å². The Morgan fingerprint density at radius 3 is 2.72 bits per heavy atom. The number of aromatic nitrogens is 2. The Bertz CT molecular complexity index is 581. The van der Waals surface area contributed by atoms with Gasteiger partial charge in [0.05, 0.1) is 26.2 Å². The third kappa shape index (κ3) is 5.01. The van der Waals surface area contributed by atoms with Gasteiger partial charge in [0, 0.05) is 18.9 Å². The van der Waals surface area contributed by atoms with Crippen molar-refractivity contribution in [1.82, 2.24) is 15.3 Å². The molecule has 0 saturated carbocycles. The molecule has 0 radical (unpaired) electrons. The normalized spacial score (nSPS) is 20.0. The molecular formula is C19H30N5O+. The molecule has 1 aliphatic heterocycles. The van der Waals surface area contributed by atoms with Crippen LogP contribution in [-0.2, 0) is 4.79 Å². The molecular weight excluding hydrogens is 314 g/mol. The van der Waals surface area contributed by atoms with Crippen molar-refractivity contribution in [2.24, 2.45) is 0 Å². The van der Waals surface area contributed by atoms with E-state index in [4.69, 9.17) is 0 Å². The number of quaternary nitrogens is 1. The zero-order chi connectivity index (χ0) is 17.5. The lowest BCUT2D eigenvalue weighted by molar-refractivity contribution is -0.914. The zero-order valence-corrected chi connectivity index (χ0v) is 15.2. The van der Waals surface area contributed by atoms with Crippen LogP contribution in [0.1, 0.15) is 39.0 Å². The fourth-order valence-electron chi connectivity index (χ4n) is 3.70. The summed E-state index contributed by atoms with van der Waals surface area (Å²) in [5.41, 5.74) is 1.52. The topological polar surface area (TPSA) is 62.6 Å². The molecule has 2 aliphatic rings. The molecule has 6 nitrogen and oxygen atoms in total. The van der Waals surface area contributed by atoms with Gasteiger partial charge in [0.25, 0.3) is 5.91 Å². The number of allylic oxidation sites excluding steroid dienone is 1. The molecule has 1 atom stereocenters. The van der Waals surface area contributed by atoms with Crippen molar-refractivity contribution in [3.8, 4) is 0 Å². The van der Waals surface area contributed by atoms with Crippen molar-refractivity contribution in [2.45, 2.75) is 45.1 Å². The van der Waals surface area contributed by atoms with Gasteiger partial charge in [-0.1, -0.05) is 11.6 Å². The lowest BCUT2D eigenvalue weighted by Crippen LogP contribution is -3.19. The number of nitrogens with one attached hydrogen (secondary N) is 2. The van der Waals surface area contributed by atoms with Crippen LogP contribution in [0, 0.1) is 0 Å². The van der Waals surface area contributed by atoms with Crippen molar-refractivity contribution >= 4 is 11.9 Å². The minimum Gasteiger partial charge on any atom is -0.351 e. The Kier molecular flexibility index (Phi) is 6.39. The van der Waals surface area contributed by atoms with Gasteiger partial charge in [-0.3, -0.25) is 4.79 Å². The van der Waals surface area contributed by atoms with Gasteiger partial charge in [-0.2, -0.15) is 0 Å². The molecule has 2 N–H and O–H groups in total. The van der Waals surface area contributed by atoms with Crippen LogP contribution in [0.15, 0.2) is 30.1 Å². The molecule has 0 spiro atoms. The summed E-state index contributed by atoms with van der Waals surface area (Å²) in [6.07, 6.45) is 12.0. The SMILES string of the molecule is C[C@@H](C(=O)NCCC1=CCCCC1)[NH+]1CCN(c2ncccn2)CC1. The summed E-state index contributed by atoms with van der Waals surface area (Å²) >= 11 is 0. The summed E-state index contributed by atoms with van der Waals surface area (Å²) in [6, 6.07) is 1.83. The molecule has 6 heteroatoms. The number of amides is 1. The van der Waals surface area contributed by atoms with Gasteiger partial charge in [0.2, 0.25) is 5.95 Å². The number of carbonyl (C=O) groups is 1. The summed E-state index contributed by atoms with van der Waals surface area (Å²) in [5, 5.41) is 3.13. The van der Waals surface area contributed by atoms with E-state index in [1.807, 2.05) is 13.0 Å². The second-order valence-electron chi connectivity index (χ2n) is 7.06. The standard InChI is InChI=1S/C19H29N5O/c1-16(18(25)20-11-8-17-6-3-2-4-7-17)23-12-14-24(15-13-23)19-21-9-5-10-22-19/h5-6,9-10,16H,2-4,7-8,11-15H2,1H3,(H,20,25)/p+1/t16-/m0/s1. The number of piperazine rings is 1. The van der Waals surface area contributed by atoms with Crippen molar-refractivity contribution in [3.63, 3.8) is 0 Å². The molecule has 0 aromatic carbocycles. The average molecular weight is 344 g/mol. The number of hydrogen-bond acceptors (Lipinski definition) is 4. The van der Waals surface area contributed by atoms with Crippen LogP contribution in [0.4, 0.5) is 5.95 Å². The van der Waals surface area contributed by atoms with Crippen LogP contribution < -0.4 is 15.1 Å². The quantitative estimate of drug-likeness (QED) is 0.741. The maximum Gasteiger partial charge on any atom is 0.278 e. The van der Waals surface area contributed by atoms with Crippen molar-refractivity contribution in [3.05, 3.63) is 30.1 Å². The minimum atomic E-state index is -0.000762. The monoisotopic (exact) mass is 344 g/mol. The van der Waals surface area contributed by atoms with E-state index < -0.39 is 0 Å². The number of carbonyl (C=O) groups excluding carboxylic acids is 1. The fourth-order valence-corrected chi connectivity index (χ4v) is 3.70. The largest absolute Gasteiger partial charge is 0.351 e. The van der Waals surface area contributed by atoms with Crippen LogP contribution in [-0.4, -0.2) is 54.6 Å². The van der Waals surface area contributed by atoms with Crippen molar-refractivity contribution in [1.29, 1.82) is 0 Å². The highest BCUT2D eigenvalue weighted by Crippen LogP contribution is 2.19. The summed E-state index contributed by atoms with van der Waals surface area (Å²) < 4.78 is 0.